The molecule has 0 aliphatic heterocycles. The zero-order valence-corrected chi connectivity index (χ0v) is 13.4. The van der Waals surface area contributed by atoms with Gasteiger partial charge < -0.3 is 15.7 Å². The lowest BCUT2D eigenvalue weighted by Crippen LogP contribution is -2.54. The van der Waals surface area contributed by atoms with Crippen molar-refractivity contribution in [2.75, 3.05) is 24.2 Å². The molecule has 1 heterocycles. The average Bonchev–Trinajstić information content (AvgIpc) is 2.54. The van der Waals surface area contributed by atoms with E-state index in [1.165, 1.54) is 6.20 Å². The van der Waals surface area contributed by atoms with Gasteiger partial charge in [-0.25, -0.2) is 4.98 Å². The summed E-state index contributed by atoms with van der Waals surface area (Å²) < 4.78 is 0. The van der Waals surface area contributed by atoms with Gasteiger partial charge in [0.25, 0.3) is 5.91 Å². The Morgan fingerprint density at radius 2 is 2.45 bits per heavy atom. The second-order valence-corrected chi connectivity index (χ2v) is 6.74. The van der Waals surface area contributed by atoms with Gasteiger partial charge in [0.2, 0.25) is 0 Å². The van der Waals surface area contributed by atoms with Crippen molar-refractivity contribution in [3.8, 4) is 12.3 Å². The van der Waals surface area contributed by atoms with Crippen LogP contribution in [-0.4, -0.2) is 45.7 Å². The first kappa shape index (κ1) is 16.7. The van der Waals surface area contributed by atoms with Gasteiger partial charge in [-0.3, -0.25) is 4.79 Å². The van der Waals surface area contributed by atoms with Crippen LogP contribution in [0, 0.1) is 12.3 Å². The summed E-state index contributed by atoms with van der Waals surface area (Å²) in [6.07, 6.45) is 8.46. The van der Waals surface area contributed by atoms with Crippen LogP contribution >= 0.6 is 11.8 Å². The van der Waals surface area contributed by atoms with Crippen molar-refractivity contribution in [2.45, 2.75) is 30.6 Å². The van der Waals surface area contributed by atoms with Crippen molar-refractivity contribution in [1.82, 2.24) is 10.3 Å². The van der Waals surface area contributed by atoms with E-state index in [2.05, 4.69) is 28.5 Å². The highest BCUT2D eigenvalue weighted by Crippen LogP contribution is 2.41. The number of nitrogens with one attached hydrogen (secondary N) is 2. The summed E-state index contributed by atoms with van der Waals surface area (Å²) in [5.74, 6) is 3.76. The number of aromatic nitrogens is 1. The molecule has 1 fully saturated rings. The first-order valence-electron chi connectivity index (χ1n) is 7.34. The zero-order chi connectivity index (χ0) is 16.0. The SMILES string of the molecule is C#CCNC(=O)c1ccc(NCC2(O)CCC2SCC)nc1. The normalized spacial score (nSPS) is 23.2. The highest BCUT2D eigenvalue weighted by Gasteiger charge is 2.44. The first-order valence-corrected chi connectivity index (χ1v) is 8.39. The zero-order valence-electron chi connectivity index (χ0n) is 12.6. The fourth-order valence-electron chi connectivity index (χ4n) is 2.35. The third-order valence-corrected chi connectivity index (χ3v) is 5.17. The van der Waals surface area contributed by atoms with E-state index in [9.17, 15) is 9.90 Å². The van der Waals surface area contributed by atoms with Crippen LogP contribution in [0.4, 0.5) is 5.82 Å². The molecule has 1 aromatic rings. The minimum Gasteiger partial charge on any atom is -0.387 e. The van der Waals surface area contributed by atoms with Crippen LogP contribution in [0.1, 0.15) is 30.1 Å². The Hall–Kier alpha value is -1.71. The highest BCUT2D eigenvalue weighted by molar-refractivity contribution is 8.00. The van der Waals surface area contributed by atoms with Gasteiger partial charge in [0.1, 0.15) is 5.82 Å². The van der Waals surface area contributed by atoms with Gasteiger partial charge in [0.05, 0.1) is 17.7 Å². The van der Waals surface area contributed by atoms with E-state index in [-0.39, 0.29) is 12.5 Å². The summed E-state index contributed by atoms with van der Waals surface area (Å²) in [6.45, 7) is 2.77. The van der Waals surface area contributed by atoms with Crippen LogP contribution < -0.4 is 10.6 Å². The van der Waals surface area contributed by atoms with Gasteiger partial charge in [0, 0.05) is 18.0 Å². The van der Waals surface area contributed by atoms with Crippen LogP contribution in [0.3, 0.4) is 0 Å². The molecule has 1 aliphatic carbocycles. The molecule has 0 saturated heterocycles. The minimum atomic E-state index is -0.662. The van der Waals surface area contributed by atoms with Crippen LogP contribution in [0.25, 0.3) is 0 Å². The predicted molar refractivity (Wildman–Crippen MR) is 90.0 cm³/mol. The molecule has 0 radical (unpaired) electrons. The van der Waals surface area contributed by atoms with Crippen molar-refractivity contribution < 1.29 is 9.90 Å². The fraction of sp³-hybridized carbons (Fsp3) is 0.500. The maximum absolute atomic E-state index is 11.7. The lowest BCUT2D eigenvalue weighted by Gasteiger charge is -2.45. The van der Waals surface area contributed by atoms with E-state index < -0.39 is 5.60 Å². The lowest BCUT2D eigenvalue weighted by atomic mass is 9.79. The number of nitrogens with zero attached hydrogens (tertiary/aromatic N) is 1. The molecule has 2 atom stereocenters. The Bertz CT molecular complexity index is 556. The Kier molecular flexibility index (Phi) is 5.69. The van der Waals surface area contributed by atoms with E-state index in [0.717, 1.165) is 18.6 Å². The van der Waals surface area contributed by atoms with Crippen LogP contribution in [0.5, 0.6) is 0 Å². The van der Waals surface area contributed by atoms with Gasteiger partial charge in [-0.15, -0.1) is 6.42 Å². The summed E-state index contributed by atoms with van der Waals surface area (Å²) in [6, 6.07) is 3.42. The Balaban J connectivity index is 1.87. The molecular formula is C16H21N3O2S. The number of anilines is 1. The monoisotopic (exact) mass is 319 g/mol. The summed E-state index contributed by atoms with van der Waals surface area (Å²) in [5.41, 5.74) is -0.201. The molecular weight excluding hydrogens is 298 g/mol. The Labute approximate surface area is 135 Å². The Morgan fingerprint density at radius 1 is 1.64 bits per heavy atom. The number of aliphatic hydroxyl groups is 1. The molecule has 0 aromatic carbocycles. The Morgan fingerprint density at radius 3 is 3.00 bits per heavy atom. The molecule has 118 valence electrons. The standard InChI is InChI=1S/C16H21N3O2S/c1-3-9-17-15(20)12-5-6-14(18-10-12)19-11-16(21)8-7-13(16)22-4-2/h1,5-6,10,13,21H,4,7-9,11H2,2H3,(H,17,20)(H,18,19). The molecule has 6 heteroatoms. The highest BCUT2D eigenvalue weighted by atomic mass is 32.2. The molecule has 3 N–H and O–H groups in total. The van der Waals surface area contributed by atoms with Crippen LogP contribution in [0.15, 0.2) is 18.3 Å². The van der Waals surface area contributed by atoms with Crippen LogP contribution in [-0.2, 0) is 0 Å². The van der Waals surface area contributed by atoms with E-state index in [1.807, 2.05) is 0 Å². The molecule has 5 nitrogen and oxygen atoms in total. The van der Waals surface area contributed by atoms with E-state index in [0.29, 0.717) is 23.2 Å². The summed E-state index contributed by atoms with van der Waals surface area (Å²) in [5, 5.41) is 16.5. The van der Waals surface area contributed by atoms with Crippen molar-refractivity contribution in [3.05, 3.63) is 23.9 Å². The van der Waals surface area contributed by atoms with Gasteiger partial charge in [0.15, 0.2) is 0 Å². The number of pyridine rings is 1. The fourth-order valence-corrected chi connectivity index (χ4v) is 3.55. The van der Waals surface area contributed by atoms with Crippen molar-refractivity contribution in [1.29, 1.82) is 0 Å². The molecule has 22 heavy (non-hydrogen) atoms. The minimum absolute atomic E-state index is 0.197. The van der Waals surface area contributed by atoms with Crippen molar-refractivity contribution >= 4 is 23.5 Å². The van der Waals surface area contributed by atoms with Gasteiger partial charge in [-0.05, 0) is 30.7 Å². The van der Waals surface area contributed by atoms with Gasteiger partial charge in [-0.1, -0.05) is 12.8 Å². The number of carbonyl (C=O) groups is 1. The molecule has 0 bridgehead atoms. The van der Waals surface area contributed by atoms with E-state index in [4.69, 9.17) is 6.42 Å². The molecule has 1 aliphatic rings. The summed E-state index contributed by atoms with van der Waals surface area (Å²) in [4.78, 5) is 15.9. The second kappa shape index (κ2) is 7.52. The number of rotatable bonds is 7. The number of hydrogen-bond donors (Lipinski definition) is 3. The number of terminal acetylenes is 1. The summed E-state index contributed by atoms with van der Waals surface area (Å²) >= 11 is 1.79. The maximum Gasteiger partial charge on any atom is 0.253 e. The van der Waals surface area contributed by atoms with Crippen LogP contribution in [0.2, 0.25) is 0 Å². The van der Waals surface area contributed by atoms with Crippen molar-refractivity contribution in [3.63, 3.8) is 0 Å². The molecule has 1 saturated carbocycles. The quantitative estimate of drug-likeness (QED) is 0.664. The number of carbonyl (C=O) groups excluding carboxylic acids is 1. The third kappa shape index (κ3) is 3.93. The smallest absolute Gasteiger partial charge is 0.253 e. The largest absolute Gasteiger partial charge is 0.387 e. The topological polar surface area (TPSA) is 74.2 Å². The van der Waals surface area contributed by atoms with Gasteiger partial charge in [-0.2, -0.15) is 11.8 Å². The first-order chi connectivity index (χ1) is 10.6. The van der Waals surface area contributed by atoms with Crippen molar-refractivity contribution in [2.24, 2.45) is 0 Å². The predicted octanol–water partition coefficient (Wildman–Crippen LogP) is 1.50. The molecule has 2 rings (SSSR count). The molecule has 1 amide bonds. The lowest BCUT2D eigenvalue weighted by molar-refractivity contribution is -0.0120. The maximum atomic E-state index is 11.7. The third-order valence-electron chi connectivity index (χ3n) is 3.76. The summed E-state index contributed by atoms with van der Waals surface area (Å²) in [7, 11) is 0. The molecule has 0 spiro atoms. The number of hydrogen-bond acceptors (Lipinski definition) is 5. The second-order valence-electron chi connectivity index (χ2n) is 5.26. The number of amides is 1. The molecule has 2 unspecified atom stereocenters. The van der Waals surface area contributed by atoms with E-state index >= 15 is 0 Å². The average molecular weight is 319 g/mol. The van der Waals surface area contributed by atoms with E-state index in [1.54, 1.807) is 23.9 Å². The molecule has 1 aromatic heterocycles. The van der Waals surface area contributed by atoms with Gasteiger partial charge >= 0.3 is 0 Å². The number of thioether (sulfide) groups is 1.